The van der Waals surface area contributed by atoms with Gasteiger partial charge in [-0.15, -0.1) is 0 Å². The number of nitrogen functional groups attached to an aromatic ring is 1. The highest BCUT2D eigenvalue weighted by Gasteiger charge is 2.10. The van der Waals surface area contributed by atoms with Crippen LogP contribution in [-0.4, -0.2) is 15.2 Å². The normalized spacial score (nSPS) is 10.7. The summed E-state index contributed by atoms with van der Waals surface area (Å²) in [5.41, 5.74) is 9.38. The summed E-state index contributed by atoms with van der Waals surface area (Å²) in [6.07, 6.45) is 0. The van der Waals surface area contributed by atoms with Crippen LogP contribution in [0.5, 0.6) is 0 Å². The van der Waals surface area contributed by atoms with Crippen LogP contribution in [0.2, 0.25) is 5.02 Å². The zero-order chi connectivity index (χ0) is 14.1. The van der Waals surface area contributed by atoms with Crippen LogP contribution in [0.3, 0.4) is 0 Å². The van der Waals surface area contributed by atoms with Gasteiger partial charge in [-0.2, -0.15) is 5.10 Å². The molecule has 3 N–H and O–H groups in total. The number of halogens is 1. The van der Waals surface area contributed by atoms with E-state index in [1.165, 1.54) is 0 Å². The molecule has 0 unspecified atom stereocenters. The monoisotopic (exact) mass is 284 g/mol. The van der Waals surface area contributed by atoms with Gasteiger partial charge >= 0.3 is 0 Å². The highest BCUT2D eigenvalue weighted by atomic mass is 35.5. The number of nitrogens with two attached hydrogens (primary N) is 1. The first kappa shape index (κ1) is 12.7. The van der Waals surface area contributed by atoms with Gasteiger partial charge in [0.2, 0.25) is 0 Å². The van der Waals surface area contributed by atoms with Crippen molar-refractivity contribution in [3.8, 4) is 22.8 Å². The van der Waals surface area contributed by atoms with Gasteiger partial charge in [0.15, 0.2) is 11.6 Å². The van der Waals surface area contributed by atoms with Crippen molar-refractivity contribution in [3.05, 3.63) is 53.1 Å². The number of H-pyrrole nitrogens is 1. The summed E-state index contributed by atoms with van der Waals surface area (Å²) in [6.45, 7) is 1.96. The van der Waals surface area contributed by atoms with Crippen molar-refractivity contribution in [1.82, 2.24) is 15.2 Å². The van der Waals surface area contributed by atoms with Crippen molar-refractivity contribution in [2.45, 2.75) is 6.92 Å². The smallest absolute Gasteiger partial charge is 0.181 e. The van der Waals surface area contributed by atoms with Gasteiger partial charge < -0.3 is 5.73 Å². The van der Waals surface area contributed by atoms with Gasteiger partial charge in [-0.1, -0.05) is 35.9 Å². The highest BCUT2D eigenvalue weighted by molar-refractivity contribution is 6.33. The van der Waals surface area contributed by atoms with Crippen molar-refractivity contribution >= 4 is 17.3 Å². The maximum absolute atomic E-state index is 6.15. The Bertz CT molecular complexity index is 764. The molecule has 1 heterocycles. The first-order valence-corrected chi connectivity index (χ1v) is 6.57. The number of hydrogen-bond donors (Lipinski definition) is 2. The van der Waals surface area contributed by atoms with Crippen LogP contribution in [0.25, 0.3) is 22.8 Å². The molecule has 20 heavy (non-hydrogen) atoms. The molecule has 0 radical (unpaired) electrons. The number of aromatic nitrogens is 3. The summed E-state index contributed by atoms with van der Waals surface area (Å²) in [4.78, 5) is 4.48. The van der Waals surface area contributed by atoms with Gasteiger partial charge in [-0.25, -0.2) is 4.98 Å². The molecule has 100 valence electrons. The van der Waals surface area contributed by atoms with Crippen LogP contribution in [0.4, 0.5) is 5.69 Å². The van der Waals surface area contributed by atoms with E-state index < -0.39 is 0 Å². The van der Waals surface area contributed by atoms with E-state index in [1.54, 1.807) is 0 Å². The van der Waals surface area contributed by atoms with Crippen molar-refractivity contribution in [3.63, 3.8) is 0 Å². The number of rotatable bonds is 2. The molecule has 3 rings (SSSR count). The summed E-state index contributed by atoms with van der Waals surface area (Å²) in [5, 5.41) is 7.77. The molecule has 0 aliphatic heterocycles. The molecule has 0 amide bonds. The summed E-state index contributed by atoms with van der Waals surface area (Å²) >= 11 is 6.15. The third kappa shape index (κ3) is 2.26. The molecule has 0 saturated carbocycles. The van der Waals surface area contributed by atoms with Crippen molar-refractivity contribution in [2.24, 2.45) is 0 Å². The summed E-state index contributed by atoms with van der Waals surface area (Å²) in [7, 11) is 0. The van der Waals surface area contributed by atoms with E-state index >= 15 is 0 Å². The first-order chi connectivity index (χ1) is 9.65. The van der Waals surface area contributed by atoms with Gasteiger partial charge in [0.1, 0.15) is 0 Å². The second-order valence-electron chi connectivity index (χ2n) is 4.56. The van der Waals surface area contributed by atoms with E-state index in [0.29, 0.717) is 16.7 Å². The Balaban J connectivity index is 2.02. The lowest BCUT2D eigenvalue weighted by Gasteiger charge is -2.01. The van der Waals surface area contributed by atoms with E-state index in [4.69, 9.17) is 17.3 Å². The van der Waals surface area contributed by atoms with Crippen LogP contribution >= 0.6 is 11.6 Å². The molecule has 4 nitrogen and oxygen atoms in total. The molecule has 0 spiro atoms. The third-order valence-corrected chi connectivity index (χ3v) is 3.48. The molecular weight excluding hydrogens is 272 g/mol. The van der Waals surface area contributed by atoms with Gasteiger partial charge in [-0.3, -0.25) is 5.10 Å². The van der Waals surface area contributed by atoms with Crippen molar-refractivity contribution in [2.75, 3.05) is 5.73 Å². The Labute approximate surface area is 121 Å². The van der Waals surface area contributed by atoms with Crippen LogP contribution in [0.1, 0.15) is 5.56 Å². The Hall–Kier alpha value is -2.33. The second-order valence-corrected chi connectivity index (χ2v) is 4.97. The van der Waals surface area contributed by atoms with E-state index in [1.807, 2.05) is 49.4 Å². The zero-order valence-corrected chi connectivity index (χ0v) is 11.6. The first-order valence-electron chi connectivity index (χ1n) is 6.19. The number of benzene rings is 2. The number of aryl methyl sites for hydroxylation is 1. The Morgan fingerprint density at radius 2 is 1.95 bits per heavy atom. The van der Waals surface area contributed by atoms with E-state index in [-0.39, 0.29) is 0 Å². The molecule has 0 saturated heterocycles. The standard InChI is InChI=1S/C15H13ClN4/c1-9-6-7-10(8-13(9)17)14-18-15(20-19-14)11-4-2-3-5-12(11)16/h2-8H,17H2,1H3,(H,18,19,20). The fourth-order valence-electron chi connectivity index (χ4n) is 1.94. The minimum atomic E-state index is 0.603. The van der Waals surface area contributed by atoms with Crippen molar-refractivity contribution in [1.29, 1.82) is 0 Å². The molecule has 0 aliphatic rings. The van der Waals surface area contributed by atoms with Gasteiger partial charge in [0.05, 0.1) is 5.02 Å². The van der Waals surface area contributed by atoms with Crippen LogP contribution in [0.15, 0.2) is 42.5 Å². The summed E-state index contributed by atoms with van der Waals surface area (Å²) in [5.74, 6) is 1.25. The van der Waals surface area contributed by atoms with E-state index in [2.05, 4.69) is 15.2 Å². The molecule has 0 aliphatic carbocycles. The number of anilines is 1. The van der Waals surface area contributed by atoms with Gasteiger partial charge in [0, 0.05) is 16.8 Å². The minimum Gasteiger partial charge on any atom is -0.398 e. The molecule has 0 fully saturated rings. The lowest BCUT2D eigenvalue weighted by molar-refractivity contribution is 1.10. The van der Waals surface area contributed by atoms with E-state index in [0.717, 1.165) is 22.4 Å². The maximum atomic E-state index is 6.15. The number of aromatic amines is 1. The second kappa shape index (κ2) is 4.98. The predicted octanol–water partition coefficient (Wildman–Crippen LogP) is 3.68. The molecule has 5 heteroatoms. The van der Waals surface area contributed by atoms with Crippen LogP contribution < -0.4 is 5.73 Å². The quantitative estimate of drug-likeness (QED) is 0.705. The molecule has 1 aromatic heterocycles. The third-order valence-electron chi connectivity index (χ3n) is 3.15. The van der Waals surface area contributed by atoms with Crippen molar-refractivity contribution < 1.29 is 0 Å². The largest absolute Gasteiger partial charge is 0.398 e. The fourth-order valence-corrected chi connectivity index (χ4v) is 2.17. The number of hydrogen-bond acceptors (Lipinski definition) is 3. The Kier molecular flexibility index (Phi) is 3.16. The molecule has 2 aromatic carbocycles. The number of nitrogens with one attached hydrogen (secondary N) is 1. The van der Waals surface area contributed by atoms with Crippen LogP contribution in [-0.2, 0) is 0 Å². The predicted molar refractivity (Wildman–Crippen MR) is 81.4 cm³/mol. The van der Waals surface area contributed by atoms with Gasteiger partial charge in [-0.05, 0) is 30.7 Å². The minimum absolute atomic E-state index is 0.603. The SMILES string of the molecule is Cc1ccc(-c2n[nH]c(-c3ccccc3Cl)n2)cc1N. The molecular formula is C15H13ClN4. The zero-order valence-electron chi connectivity index (χ0n) is 10.9. The Morgan fingerprint density at radius 3 is 2.70 bits per heavy atom. The summed E-state index contributed by atoms with van der Waals surface area (Å²) < 4.78 is 0. The van der Waals surface area contributed by atoms with Crippen LogP contribution in [0, 0.1) is 6.92 Å². The molecule has 0 bridgehead atoms. The molecule has 3 aromatic rings. The Morgan fingerprint density at radius 1 is 1.15 bits per heavy atom. The highest BCUT2D eigenvalue weighted by Crippen LogP contribution is 2.27. The fraction of sp³-hybridized carbons (Fsp3) is 0.0667. The average Bonchev–Trinajstić information content (AvgIpc) is 2.92. The number of nitrogens with zero attached hydrogens (tertiary/aromatic N) is 2. The summed E-state index contributed by atoms with van der Waals surface area (Å²) in [6, 6.07) is 13.3. The van der Waals surface area contributed by atoms with E-state index in [9.17, 15) is 0 Å². The topological polar surface area (TPSA) is 67.6 Å². The lowest BCUT2D eigenvalue weighted by atomic mass is 10.1. The maximum Gasteiger partial charge on any atom is 0.181 e. The van der Waals surface area contributed by atoms with Gasteiger partial charge in [0.25, 0.3) is 0 Å². The lowest BCUT2D eigenvalue weighted by Crippen LogP contribution is -1.90. The molecule has 0 atom stereocenters. The average molecular weight is 285 g/mol.